The largest absolute Gasteiger partial charge is 0.465 e. The fourth-order valence-corrected chi connectivity index (χ4v) is 2.45. The molecular weight excluding hydrogens is 278 g/mol. The van der Waals surface area contributed by atoms with Gasteiger partial charge >= 0.3 is 0 Å². The zero-order valence-corrected chi connectivity index (χ0v) is 12.8. The van der Waals surface area contributed by atoms with Crippen LogP contribution in [0.25, 0.3) is 10.9 Å². The van der Waals surface area contributed by atoms with Gasteiger partial charge in [-0.3, -0.25) is 9.48 Å². The standard InChI is InChI=1S/C17H19N3O2/c1-12-3-6-16-14(9-12)10-19-20(16)8-7-17(21)18-11-15-5-4-13(2)22-15/h3-6,9-10H,7-8,11H2,1-2H3,(H,18,21). The van der Waals surface area contributed by atoms with Crippen LogP contribution in [0, 0.1) is 13.8 Å². The number of carbonyl (C=O) groups excluding carboxylic acids is 1. The Morgan fingerprint density at radius 3 is 2.91 bits per heavy atom. The van der Waals surface area contributed by atoms with E-state index in [0.29, 0.717) is 19.5 Å². The van der Waals surface area contributed by atoms with Gasteiger partial charge in [-0.1, -0.05) is 11.6 Å². The smallest absolute Gasteiger partial charge is 0.222 e. The molecule has 2 aromatic heterocycles. The van der Waals surface area contributed by atoms with E-state index in [2.05, 4.69) is 29.5 Å². The number of aryl methyl sites for hydroxylation is 3. The third-order valence-electron chi connectivity index (χ3n) is 3.60. The molecule has 0 bridgehead atoms. The minimum Gasteiger partial charge on any atom is -0.465 e. The third kappa shape index (κ3) is 3.19. The fraction of sp³-hybridized carbons (Fsp3) is 0.294. The number of rotatable bonds is 5. The van der Waals surface area contributed by atoms with Crippen LogP contribution >= 0.6 is 0 Å². The maximum Gasteiger partial charge on any atom is 0.222 e. The highest BCUT2D eigenvalue weighted by molar-refractivity contribution is 5.80. The van der Waals surface area contributed by atoms with E-state index in [1.165, 1.54) is 5.56 Å². The first-order chi connectivity index (χ1) is 10.6. The van der Waals surface area contributed by atoms with Crippen LogP contribution in [0.5, 0.6) is 0 Å². The molecule has 1 amide bonds. The predicted octanol–water partition coefficient (Wildman–Crippen LogP) is 2.95. The van der Waals surface area contributed by atoms with E-state index in [1.54, 1.807) is 0 Å². The Hall–Kier alpha value is -2.56. The molecule has 5 heteroatoms. The van der Waals surface area contributed by atoms with Gasteiger partial charge in [0.05, 0.1) is 24.8 Å². The number of amides is 1. The van der Waals surface area contributed by atoms with Crippen LogP contribution in [0.3, 0.4) is 0 Å². The Morgan fingerprint density at radius 2 is 2.14 bits per heavy atom. The van der Waals surface area contributed by atoms with Gasteiger partial charge in [0.2, 0.25) is 5.91 Å². The van der Waals surface area contributed by atoms with Crippen molar-refractivity contribution in [2.45, 2.75) is 33.4 Å². The van der Waals surface area contributed by atoms with Gasteiger partial charge < -0.3 is 9.73 Å². The molecule has 0 atom stereocenters. The lowest BCUT2D eigenvalue weighted by atomic mass is 10.2. The van der Waals surface area contributed by atoms with E-state index >= 15 is 0 Å². The number of furan rings is 1. The lowest BCUT2D eigenvalue weighted by Crippen LogP contribution is -2.23. The van der Waals surface area contributed by atoms with Crippen LogP contribution in [0.4, 0.5) is 0 Å². The number of nitrogens with zero attached hydrogens (tertiary/aromatic N) is 2. The average molecular weight is 297 g/mol. The average Bonchev–Trinajstić information content (AvgIpc) is 3.08. The third-order valence-corrected chi connectivity index (χ3v) is 3.60. The number of hydrogen-bond acceptors (Lipinski definition) is 3. The molecule has 5 nitrogen and oxygen atoms in total. The second-order valence-electron chi connectivity index (χ2n) is 5.47. The molecule has 0 aliphatic heterocycles. The van der Waals surface area contributed by atoms with Crippen molar-refractivity contribution < 1.29 is 9.21 Å². The Labute approximate surface area is 128 Å². The molecule has 114 valence electrons. The van der Waals surface area contributed by atoms with Crippen molar-refractivity contribution in [1.82, 2.24) is 15.1 Å². The van der Waals surface area contributed by atoms with Crippen LogP contribution in [-0.4, -0.2) is 15.7 Å². The maximum absolute atomic E-state index is 11.9. The summed E-state index contributed by atoms with van der Waals surface area (Å²) < 4.78 is 7.29. The van der Waals surface area contributed by atoms with E-state index in [4.69, 9.17) is 4.42 Å². The van der Waals surface area contributed by atoms with Crippen molar-refractivity contribution in [2.75, 3.05) is 0 Å². The highest BCUT2D eigenvalue weighted by atomic mass is 16.3. The Balaban J connectivity index is 1.56. The van der Waals surface area contributed by atoms with E-state index in [9.17, 15) is 4.79 Å². The Kier molecular flexibility index (Phi) is 3.96. The Bertz CT molecular complexity index is 801. The molecular formula is C17H19N3O2. The van der Waals surface area contributed by atoms with Crippen molar-refractivity contribution in [3.8, 4) is 0 Å². The monoisotopic (exact) mass is 297 g/mol. The lowest BCUT2D eigenvalue weighted by molar-refractivity contribution is -0.121. The first-order valence-corrected chi connectivity index (χ1v) is 7.36. The van der Waals surface area contributed by atoms with Crippen LogP contribution in [0.2, 0.25) is 0 Å². The molecule has 1 aromatic carbocycles. The number of carbonyl (C=O) groups is 1. The highest BCUT2D eigenvalue weighted by Gasteiger charge is 2.07. The van der Waals surface area contributed by atoms with Gasteiger partial charge in [-0.05, 0) is 38.1 Å². The summed E-state index contributed by atoms with van der Waals surface area (Å²) in [6.07, 6.45) is 2.23. The second kappa shape index (κ2) is 6.05. The number of nitrogens with one attached hydrogen (secondary N) is 1. The van der Waals surface area contributed by atoms with Crippen LogP contribution < -0.4 is 5.32 Å². The minimum atomic E-state index is -0.00943. The van der Waals surface area contributed by atoms with E-state index < -0.39 is 0 Å². The number of fused-ring (bicyclic) bond motifs is 1. The zero-order chi connectivity index (χ0) is 15.5. The number of aromatic nitrogens is 2. The molecule has 2 heterocycles. The normalized spacial score (nSPS) is 11.0. The molecule has 0 unspecified atom stereocenters. The van der Waals surface area contributed by atoms with Gasteiger partial charge in [-0.25, -0.2) is 0 Å². The molecule has 0 fully saturated rings. The Morgan fingerprint density at radius 1 is 1.27 bits per heavy atom. The zero-order valence-electron chi connectivity index (χ0n) is 12.8. The minimum absolute atomic E-state index is 0.00943. The van der Waals surface area contributed by atoms with Gasteiger partial charge in [-0.15, -0.1) is 0 Å². The van der Waals surface area contributed by atoms with E-state index in [0.717, 1.165) is 22.4 Å². The summed E-state index contributed by atoms with van der Waals surface area (Å²) in [7, 11) is 0. The van der Waals surface area contributed by atoms with Gasteiger partial charge in [0.15, 0.2) is 0 Å². The van der Waals surface area contributed by atoms with Crippen molar-refractivity contribution in [2.24, 2.45) is 0 Å². The van der Waals surface area contributed by atoms with Crippen molar-refractivity contribution in [3.05, 3.63) is 53.6 Å². The van der Waals surface area contributed by atoms with Gasteiger partial charge in [0.1, 0.15) is 11.5 Å². The molecule has 0 spiro atoms. The SMILES string of the molecule is Cc1ccc2c(cnn2CCC(=O)NCc2ccc(C)o2)c1. The van der Waals surface area contributed by atoms with Crippen molar-refractivity contribution >= 4 is 16.8 Å². The molecule has 0 aliphatic carbocycles. The first-order valence-electron chi connectivity index (χ1n) is 7.36. The summed E-state index contributed by atoms with van der Waals surface area (Å²) in [6.45, 7) is 4.93. The molecule has 0 aliphatic rings. The van der Waals surface area contributed by atoms with Gasteiger partial charge in [0.25, 0.3) is 0 Å². The number of benzene rings is 1. The van der Waals surface area contributed by atoms with Crippen LogP contribution in [-0.2, 0) is 17.9 Å². The van der Waals surface area contributed by atoms with Crippen LogP contribution in [0.15, 0.2) is 40.9 Å². The predicted molar refractivity (Wildman–Crippen MR) is 84.4 cm³/mol. The summed E-state index contributed by atoms with van der Waals surface area (Å²) in [5.74, 6) is 1.61. The quantitative estimate of drug-likeness (QED) is 0.787. The molecule has 0 saturated carbocycles. The summed E-state index contributed by atoms with van der Waals surface area (Å²) in [6, 6.07) is 9.96. The molecule has 22 heavy (non-hydrogen) atoms. The maximum atomic E-state index is 11.9. The molecule has 3 aromatic rings. The van der Waals surface area contributed by atoms with Crippen molar-refractivity contribution in [1.29, 1.82) is 0 Å². The van der Waals surface area contributed by atoms with Gasteiger partial charge in [-0.2, -0.15) is 5.10 Å². The number of hydrogen-bond donors (Lipinski definition) is 1. The highest BCUT2D eigenvalue weighted by Crippen LogP contribution is 2.15. The van der Waals surface area contributed by atoms with Gasteiger partial charge in [0, 0.05) is 11.8 Å². The van der Waals surface area contributed by atoms with E-state index in [-0.39, 0.29) is 5.91 Å². The molecule has 1 N–H and O–H groups in total. The second-order valence-corrected chi connectivity index (χ2v) is 5.47. The summed E-state index contributed by atoms with van der Waals surface area (Å²) in [4.78, 5) is 11.9. The topological polar surface area (TPSA) is 60.1 Å². The summed E-state index contributed by atoms with van der Waals surface area (Å²) in [5.41, 5.74) is 2.26. The first kappa shape index (κ1) is 14.4. The van der Waals surface area contributed by atoms with Crippen LogP contribution in [0.1, 0.15) is 23.5 Å². The van der Waals surface area contributed by atoms with E-state index in [1.807, 2.05) is 36.0 Å². The van der Waals surface area contributed by atoms with Crippen molar-refractivity contribution in [3.63, 3.8) is 0 Å². The molecule has 0 radical (unpaired) electrons. The fourth-order valence-electron chi connectivity index (χ4n) is 2.45. The molecule has 0 saturated heterocycles. The lowest BCUT2D eigenvalue weighted by Gasteiger charge is -2.05. The summed E-state index contributed by atoms with van der Waals surface area (Å²) in [5, 5.41) is 8.31. The molecule has 3 rings (SSSR count). The summed E-state index contributed by atoms with van der Waals surface area (Å²) >= 11 is 0.